The Bertz CT molecular complexity index is 1140. The lowest BCUT2D eigenvalue weighted by Crippen LogP contribution is -2.49. The van der Waals surface area contributed by atoms with Gasteiger partial charge in [-0.25, -0.2) is 0 Å². The van der Waals surface area contributed by atoms with E-state index in [-0.39, 0.29) is 18.3 Å². The quantitative estimate of drug-likeness (QED) is 0.401. The molecule has 1 fully saturated rings. The van der Waals surface area contributed by atoms with Gasteiger partial charge in [-0.3, -0.25) is 4.79 Å². The lowest BCUT2D eigenvalue weighted by molar-refractivity contribution is -0.131. The van der Waals surface area contributed by atoms with Crippen LogP contribution in [0.2, 0.25) is 0 Å². The summed E-state index contributed by atoms with van der Waals surface area (Å²) in [5, 5.41) is 0. The topological polar surface area (TPSA) is 26.8 Å². The van der Waals surface area contributed by atoms with Crippen LogP contribution in [0.15, 0.2) is 66.7 Å². The van der Waals surface area contributed by atoms with Gasteiger partial charge in [-0.1, -0.05) is 66.7 Å². The number of carbonyl (C=O) groups is 1. The third-order valence-corrected chi connectivity index (χ3v) is 7.86. The molecule has 3 aromatic carbocycles. The van der Waals surface area contributed by atoms with Crippen LogP contribution in [0.4, 0.5) is 5.69 Å². The maximum absolute atomic E-state index is 12.9. The van der Waals surface area contributed by atoms with E-state index in [0.29, 0.717) is 12.3 Å². The Morgan fingerprint density at radius 1 is 0.806 bits per heavy atom. The zero-order valence-corrected chi connectivity index (χ0v) is 22.6. The van der Waals surface area contributed by atoms with Crippen LogP contribution in [-0.2, 0) is 4.79 Å². The van der Waals surface area contributed by atoms with E-state index in [0.717, 1.165) is 45.7 Å². The van der Waals surface area contributed by atoms with Crippen LogP contribution >= 0.6 is 12.4 Å². The van der Waals surface area contributed by atoms with Gasteiger partial charge in [0.25, 0.3) is 0 Å². The van der Waals surface area contributed by atoms with Gasteiger partial charge in [0.1, 0.15) is 0 Å². The summed E-state index contributed by atoms with van der Waals surface area (Å²) in [5.74, 6) is 0.730. The van der Waals surface area contributed by atoms with Crippen molar-refractivity contribution < 1.29 is 4.79 Å². The first kappa shape index (κ1) is 26.2. The van der Waals surface area contributed by atoms with Crippen molar-refractivity contribution in [1.29, 1.82) is 0 Å². The van der Waals surface area contributed by atoms with Gasteiger partial charge < -0.3 is 14.7 Å². The maximum Gasteiger partial charge on any atom is 0.223 e. The molecule has 1 saturated heterocycles. The number of fused-ring (bicyclic) bond motifs is 3. The zero-order chi connectivity index (χ0) is 24.4. The molecule has 1 aliphatic carbocycles. The largest absolute Gasteiger partial charge is 0.368 e. The number of nitrogens with zero attached hydrogens (tertiary/aromatic N) is 3. The molecule has 5 rings (SSSR count). The highest BCUT2D eigenvalue weighted by Gasteiger charge is 2.28. The van der Waals surface area contributed by atoms with Crippen molar-refractivity contribution in [1.82, 2.24) is 9.80 Å². The first-order valence-electron chi connectivity index (χ1n) is 13.0. The van der Waals surface area contributed by atoms with Crippen molar-refractivity contribution in [3.63, 3.8) is 0 Å². The molecule has 190 valence electrons. The van der Waals surface area contributed by atoms with Gasteiger partial charge in [0.2, 0.25) is 5.91 Å². The Morgan fingerprint density at radius 2 is 1.36 bits per heavy atom. The summed E-state index contributed by atoms with van der Waals surface area (Å²) in [6.07, 6.45) is 1.67. The third-order valence-electron chi connectivity index (χ3n) is 7.86. The first-order chi connectivity index (χ1) is 17.0. The van der Waals surface area contributed by atoms with Gasteiger partial charge in [0.15, 0.2) is 0 Å². The minimum Gasteiger partial charge on any atom is -0.368 e. The summed E-state index contributed by atoms with van der Waals surface area (Å²) >= 11 is 0. The molecule has 0 spiro atoms. The van der Waals surface area contributed by atoms with Crippen LogP contribution < -0.4 is 4.90 Å². The molecule has 0 bridgehead atoms. The molecule has 1 aliphatic heterocycles. The highest BCUT2D eigenvalue weighted by molar-refractivity contribution is 5.85. The summed E-state index contributed by atoms with van der Waals surface area (Å²) in [7, 11) is 2.15. The Morgan fingerprint density at radius 3 is 1.94 bits per heavy atom. The zero-order valence-electron chi connectivity index (χ0n) is 21.7. The molecule has 5 heteroatoms. The number of amides is 1. The standard InChI is InChI=1S/C31H37N3O.ClH/c1-23-9-8-10-24(2)31(23)34-21-19-33(20-22-34)30(35)16-18-32(3)17-15-29-27-13-6-4-11-25(27)26-12-5-7-14-28(26)29;/h4-14,29H,15-22H2,1-3H3;1H. The van der Waals surface area contributed by atoms with E-state index in [2.05, 4.69) is 102 Å². The average Bonchev–Trinajstić information content (AvgIpc) is 3.20. The lowest BCUT2D eigenvalue weighted by atomic mass is 9.93. The summed E-state index contributed by atoms with van der Waals surface area (Å²) in [6, 6.07) is 24.1. The molecule has 0 saturated carbocycles. The second kappa shape index (κ2) is 11.5. The molecule has 1 heterocycles. The van der Waals surface area contributed by atoms with Gasteiger partial charge in [-0.2, -0.15) is 0 Å². The number of aryl methyl sites for hydroxylation is 2. The first-order valence-corrected chi connectivity index (χ1v) is 13.0. The molecule has 0 unspecified atom stereocenters. The van der Waals surface area contributed by atoms with E-state index in [4.69, 9.17) is 0 Å². The molecule has 0 atom stereocenters. The average molecular weight is 504 g/mol. The summed E-state index contributed by atoms with van der Waals surface area (Å²) in [6.45, 7) is 9.60. The number of para-hydroxylation sites is 1. The number of piperazine rings is 1. The van der Waals surface area contributed by atoms with E-state index in [9.17, 15) is 4.79 Å². The number of anilines is 1. The summed E-state index contributed by atoms with van der Waals surface area (Å²) < 4.78 is 0. The molecule has 1 amide bonds. The SMILES string of the molecule is Cc1cccc(C)c1N1CCN(C(=O)CCN(C)CCC2c3ccccc3-c3ccccc32)CC1.Cl. The molecule has 4 nitrogen and oxygen atoms in total. The fourth-order valence-electron chi connectivity index (χ4n) is 5.96. The number of halogens is 1. The second-order valence-electron chi connectivity index (χ2n) is 10.2. The van der Waals surface area contributed by atoms with Crippen molar-refractivity contribution in [3.8, 4) is 11.1 Å². The van der Waals surface area contributed by atoms with Gasteiger partial charge in [0.05, 0.1) is 0 Å². The lowest BCUT2D eigenvalue weighted by Gasteiger charge is -2.37. The highest BCUT2D eigenvalue weighted by Crippen LogP contribution is 2.46. The van der Waals surface area contributed by atoms with Crippen LogP contribution in [0.3, 0.4) is 0 Å². The predicted octanol–water partition coefficient (Wildman–Crippen LogP) is 5.90. The van der Waals surface area contributed by atoms with Gasteiger partial charge in [0, 0.05) is 50.7 Å². The van der Waals surface area contributed by atoms with Gasteiger partial charge in [-0.05, 0) is 67.2 Å². The normalized spacial score (nSPS) is 15.0. The van der Waals surface area contributed by atoms with Crippen molar-refractivity contribution in [2.45, 2.75) is 32.6 Å². The fourth-order valence-corrected chi connectivity index (χ4v) is 5.96. The van der Waals surface area contributed by atoms with E-state index >= 15 is 0 Å². The van der Waals surface area contributed by atoms with Crippen LogP contribution in [0.25, 0.3) is 11.1 Å². The van der Waals surface area contributed by atoms with Gasteiger partial charge in [-0.15, -0.1) is 12.4 Å². The molecule has 2 aliphatic rings. The Balaban J connectivity index is 0.00000304. The number of hydrogen-bond donors (Lipinski definition) is 0. The van der Waals surface area contributed by atoms with Crippen molar-refractivity contribution in [3.05, 3.63) is 89.0 Å². The third kappa shape index (κ3) is 5.30. The second-order valence-corrected chi connectivity index (χ2v) is 10.2. The number of hydrogen-bond acceptors (Lipinski definition) is 3. The monoisotopic (exact) mass is 503 g/mol. The van der Waals surface area contributed by atoms with E-state index < -0.39 is 0 Å². The maximum atomic E-state index is 12.9. The van der Waals surface area contributed by atoms with E-state index in [1.807, 2.05) is 0 Å². The molecule has 0 radical (unpaired) electrons. The smallest absolute Gasteiger partial charge is 0.223 e. The number of benzene rings is 3. The van der Waals surface area contributed by atoms with Crippen molar-refractivity contribution in [2.24, 2.45) is 0 Å². The van der Waals surface area contributed by atoms with E-state index in [1.165, 1.54) is 39.1 Å². The minimum atomic E-state index is 0. The highest BCUT2D eigenvalue weighted by atomic mass is 35.5. The number of rotatable bonds is 7. The molecular weight excluding hydrogens is 466 g/mol. The molecule has 36 heavy (non-hydrogen) atoms. The van der Waals surface area contributed by atoms with E-state index in [1.54, 1.807) is 0 Å². The summed E-state index contributed by atoms with van der Waals surface area (Å²) in [4.78, 5) is 19.8. The molecule has 0 N–H and O–H groups in total. The van der Waals surface area contributed by atoms with Gasteiger partial charge >= 0.3 is 0 Å². The Kier molecular flexibility index (Phi) is 8.38. The summed E-state index contributed by atoms with van der Waals surface area (Å²) in [5.41, 5.74) is 9.63. The number of carbonyl (C=O) groups excluding carboxylic acids is 1. The van der Waals surface area contributed by atoms with Crippen LogP contribution in [-0.4, -0.2) is 62.0 Å². The molecule has 0 aromatic heterocycles. The fraction of sp³-hybridized carbons (Fsp3) is 0.387. The Labute approximate surface area is 222 Å². The predicted molar refractivity (Wildman–Crippen MR) is 152 cm³/mol. The van der Waals surface area contributed by atoms with Crippen LogP contribution in [0.5, 0.6) is 0 Å². The van der Waals surface area contributed by atoms with Crippen LogP contribution in [0, 0.1) is 13.8 Å². The van der Waals surface area contributed by atoms with Crippen LogP contribution in [0.1, 0.15) is 41.0 Å². The minimum absolute atomic E-state index is 0. The van der Waals surface area contributed by atoms with Crippen molar-refractivity contribution >= 4 is 24.0 Å². The molecule has 3 aromatic rings. The Hall–Kier alpha value is -2.82. The van der Waals surface area contributed by atoms with Crippen molar-refractivity contribution in [2.75, 3.05) is 51.2 Å². The molecular formula is C31H38ClN3O.